The van der Waals surface area contributed by atoms with Gasteiger partial charge in [-0.1, -0.05) is 13.8 Å². The Morgan fingerprint density at radius 2 is 2.06 bits per heavy atom. The van der Waals surface area contributed by atoms with Crippen LogP contribution in [0.4, 0.5) is 14.7 Å². The highest BCUT2D eigenvalue weighted by atomic mass is 19.2. The largest absolute Gasteiger partial charge is 0.355 e. The molecule has 0 fully saturated rings. The second-order valence-electron chi connectivity index (χ2n) is 4.49. The molecular formula is C13H15F2N3. The third kappa shape index (κ3) is 2.67. The molecule has 0 saturated heterocycles. The zero-order chi connectivity index (χ0) is 13.1. The number of benzene rings is 1. The monoisotopic (exact) mass is 251 g/mol. The van der Waals surface area contributed by atoms with Gasteiger partial charge in [-0.25, -0.2) is 13.8 Å². The van der Waals surface area contributed by atoms with Crippen LogP contribution >= 0.6 is 0 Å². The van der Waals surface area contributed by atoms with E-state index in [9.17, 15) is 8.78 Å². The molecule has 3 nitrogen and oxygen atoms in total. The second kappa shape index (κ2) is 5.16. The predicted molar refractivity (Wildman–Crippen MR) is 66.8 cm³/mol. The van der Waals surface area contributed by atoms with E-state index in [0.29, 0.717) is 17.6 Å². The number of imidazole rings is 1. The summed E-state index contributed by atoms with van der Waals surface area (Å²) < 4.78 is 27.8. The van der Waals surface area contributed by atoms with Crippen molar-refractivity contribution >= 4 is 5.95 Å². The van der Waals surface area contributed by atoms with Crippen molar-refractivity contribution in [3.8, 4) is 5.69 Å². The smallest absolute Gasteiger partial charge is 0.207 e. The third-order valence-electron chi connectivity index (χ3n) is 2.49. The SMILES string of the molecule is CC(C)CNc1nccn1-c1ccc(F)c(F)c1. The summed E-state index contributed by atoms with van der Waals surface area (Å²) in [5.74, 6) is -0.624. The van der Waals surface area contributed by atoms with Gasteiger partial charge in [0.1, 0.15) is 0 Å². The Morgan fingerprint density at radius 1 is 1.28 bits per heavy atom. The highest BCUT2D eigenvalue weighted by Crippen LogP contribution is 2.17. The lowest BCUT2D eigenvalue weighted by Gasteiger charge is -2.11. The minimum absolute atomic E-state index is 0.472. The zero-order valence-corrected chi connectivity index (χ0v) is 10.3. The van der Waals surface area contributed by atoms with Crippen LogP contribution in [-0.4, -0.2) is 16.1 Å². The standard InChI is InChI=1S/C13H15F2N3/c1-9(2)8-17-13-16-5-6-18(13)10-3-4-11(14)12(15)7-10/h3-7,9H,8H2,1-2H3,(H,16,17). The van der Waals surface area contributed by atoms with Gasteiger partial charge < -0.3 is 5.32 Å². The second-order valence-corrected chi connectivity index (χ2v) is 4.49. The van der Waals surface area contributed by atoms with Crippen LogP contribution < -0.4 is 5.32 Å². The lowest BCUT2D eigenvalue weighted by atomic mass is 10.2. The summed E-state index contributed by atoms with van der Waals surface area (Å²) in [6.45, 7) is 4.93. The molecule has 1 aromatic heterocycles. The minimum atomic E-state index is -0.865. The molecule has 1 heterocycles. The number of rotatable bonds is 4. The lowest BCUT2D eigenvalue weighted by Crippen LogP contribution is -2.12. The van der Waals surface area contributed by atoms with Crippen molar-refractivity contribution in [2.24, 2.45) is 5.92 Å². The molecule has 0 aliphatic carbocycles. The molecule has 0 unspecified atom stereocenters. The van der Waals surface area contributed by atoms with Crippen molar-refractivity contribution in [2.75, 3.05) is 11.9 Å². The van der Waals surface area contributed by atoms with Crippen LogP contribution in [0.25, 0.3) is 5.69 Å². The normalized spacial score (nSPS) is 10.9. The Balaban J connectivity index is 2.27. The minimum Gasteiger partial charge on any atom is -0.355 e. The molecule has 18 heavy (non-hydrogen) atoms. The fourth-order valence-electron chi connectivity index (χ4n) is 1.57. The van der Waals surface area contributed by atoms with Crippen molar-refractivity contribution in [3.63, 3.8) is 0 Å². The molecule has 1 N–H and O–H groups in total. The van der Waals surface area contributed by atoms with E-state index in [-0.39, 0.29) is 0 Å². The summed E-state index contributed by atoms with van der Waals surface area (Å²) >= 11 is 0. The molecule has 5 heteroatoms. The molecule has 0 atom stereocenters. The molecule has 0 spiro atoms. The van der Waals surface area contributed by atoms with Gasteiger partial charge in [0.15, 0.2) is 11.6 Å². The van der Waals surface area contributed by atoms with E-state index in [1.807, 2.05) is 0 Å². The van der Waals surface area contributed by atoms with Crippen molar-refractivity contribution in [2.45, 2.75) is 13.8 Å². The Labute approximate surface area is 104 Å². The van der Waals surface area contributed by atoms with Crippen LogP contribution in [0.2, 0.25) is 0 Å². The Morgan fingerprint density at radius 3 is 2.72 bits per heavy atom. The predicted octanol–water partition coefficient (Wildman–Crippen LogP) is 3.22. The average molecular weight is 251 g/mol. The molecule has 0 aliphatic rings. The Kier molecular flexibility index (Phi) is 3.60. The number of nitrogens with zero attached hydrogens (tertiary/aromatic N) is 2. The quantitative estimate of drug-likeness (QED) is 0.904. The van der Waals surface area contributed by atoms with Gasteiger partial charge in [-0.15, -0.1) is 0 Å². The zero-order valence-electron chi connectivity index (χ0n) is 10.3. The number of halogens is 2. The van der Waals surface area contributed by atoms with E-state index in [2.05, 4.69) is 24.1 Å². The highest BCUT2D eigenvalue weighted by Gasteiger charge is 2.08. The van der Waals surface area contributed by atoms with Gasteiger partial charge in [-0.05, 0) is 18.1 Å². The molecule has 0 aliphatic heterocycles. The molecule has 0 radical (unpaired) electrons. The molecule has 2 aromatic rings. The first-order valence-electron chi connectivity index (χ1n) is 5.80. The molecule has 0 bridgehead atoms. The van der Waals surface area contributed by atoms with Crippen LogP contribution in [0.15, 0.2) is 30.6 Å². The number of nitrogens with one attached hydrogen (secondary N) is 1. The summed E-state index contributed by atoms with van der Waals surface area (Å²) in [5.41, 5.74) is 0.539. The fraction of sp³-hybridized carbons (Fsp3) is 0.308. The van der Waals surface area contributed by atoms with Crippen LogP contribution in [0.3, 0.4) is 0 Å². The maximum atomic E-state index is 13.2. The third-order valence-corrected chi connectivity index (χ3v) is 2.49. The van der Waals surface area contributed by atoms with Crippen molar-refractivity contribution < 1.29 is 8.78 Å². The molecule has 1 aromatic carbocycles. The van der Waals surface area contributed by atoms with E-state index in [0.717, 1.165) is 18.7 Å². The van der Waals surface area contributed by atoms with Crippen molar-refractivity contribution in [3.05, 3.63) is 42.2 Å². The van der Waals surface area contributed by atoms with Crippen LogP contribution in [0, 0.1) is 17.6 Å². The van der Waals surface area contributed by atoms with Crippen LogP contribution in [-0.2, 0) is 0 Å². The summed E-state index contributed by atoms with van der Waals surface area (Å²) in [4.78, 5) is 4.15. The van der Waals surface area contributed by atoms with Crippen molar-refractivity contribution in [1.82, 2.24) is 9.55 Å². The lowest BCUT2D eigenvalue weighted by molar-refractivity contribution is 0.508. The van der Waals surface area contributed by atoms with Crippen molar-refractivity contribution in [1.29, 1.82) is 0 Å². The molecule has 0 saturated carbocycles. The van der Waals surface area contributed by atoms with Gasteiger partial charge in [0, 0.05) is 25.0 Å². The molecule has 0 amide bonds. The van der Waals surface area contributed by atoms with E-state index in [1.165, 1.54) is 6.07 Å². The van der Waals surface area contributed by atoms with Gasteiger partial charge in [-0.3, -0.25) is 4.57 Å². The van der Waals surface area contributed by atoms with Gasteiger partial charge >= 0.3 is 0 Å². The number of aromatic nitrogens is 2. The van der Waals surface area contributed by atoms with Gasteiger partial charge in [-0.2, -0.15) is 0 Å². The number of anilines is 1. The molecule has 2 rings (SSSR count). The van der Waals surface area contributed by atoms with E-state index < -0.39 is 11.6 Å². The Hall–Kier alpha value is -1.91. The Bertz CT molecular complexity index is 535. The first kappa shape index (κ1) is 12.5. The summed E-state index contributed by atoms with van der Waals surface area (Å²) in [6, 6.07) is 3.77. The summed E-state index contributed by atoms with van der Waals surface area (Å²) in [5, 5.41) is 3.16. The molecule has 96 valence electrons. The molecular weight excluding hydrogens is 236 g/mol. The number of hydrogen-bond acceptors (Lipinski definition) is 2. The topological polar surface area (TPSA) is 29.9 Å². The summed E-state index contributed by atoms with van der Waals surface area (Å²) in [6.07, 6.45) is 3.32. The highest BCUT2D eigenvalue weighted by molar-refractivity contribution is 5.42. The maximum Gasteiger partial charge on any atom is 0.207 e. The maximum absolute atomic E-state index is 13.2. The first-order valence-corrected chi connectivity index (χ1v) is 5.80. The van der Waals surface area contributed by atoms with Gasteiger partial charge in [0.2, 0.25) is 5.95 Å². The first-order chi connectivity index (χ1) is 8.58. The average Bonchev–Trinajstić information content (AvgIpc) is 2.78. The van der Waals surface area contributed by atoms with Crippen LogP contribution in [0.1, 0.15) is 13.8 Å². The van der Waals surface area contributed by atoms with Gasteiger partial charge in [0.05, 0.1) is 5.69 Å². The van der Waals surface area contributed by atoms with E-state index >= 15 is 0 Å². The number of hydrogen-bond donors (Lipinski definition) is 1. The van der Waals surface area contributed by atoms with E-state index in [1.54, 1.807) is 17.0 Å². The van der Waals surface area contributed by atoms with E-state index in [4.69, 9.17) is 0 Å². The van der Waals surface area contributed by atoms with Crippen LogP contribution in [0.5, 0.6) is 0 Å². The summed E-state index contributed by atoms with van der Waals surface area (Å²) in [7, 11) is 0. The van der Waals surface area contributed by atoms with Gasteiger partial charge in [0.25, 0.3) is 0 Å². The fourth-order valence-corrected chi connectivity index (χ4v) is 1.57.